The van der Waals surface area contributed by atoms with Crippen molar-refractivity contribution in [2.45, 2.75) is 0 Å². The quantitative estimate of drug-likeness (QED) is 0.723. The van der Waals surface area contributed by atoms with Gasteiger partial charge in [-0.15, -0.1) is 12.4 Å². The first kappa shape index (κ1) is 13.3. The molecule has 2 aromatic carbocycles. The van der Waals surface area contributed by atoms with Gasteiger partial charge in [0.05, 0.1) is 5.52 Å². The number of para-hydroxylation sites is 1. The van der Waals surface area contributed by atoms with Crippen LogP contribution in [0.3, 0.4) is 0 Å². The molecule has 0 aliphatic rings. The first-order valence-electron chi connectivity index (χ1n) is 5.59. The normalized spacial score (nSPS) is 10.2. The van der Waals surface area contributed by atoms with Crippen LogP contribution in [0.4, 0.5) is 4.39 Å². The van der Waals surface area contributed by atoms with Gasteiger partial charge in [-0.05, 0) is 36.4 Å². The van der Waals surface area contributed by atoms with E-state index in [1.165, 1.54) is 12.1 Å². The molecular formula is C15H11ClFNO. The van der Waals surface area contributed by atoms with E-state index in [1.54, 1.807) is 18.2 Å². The molecule has 0 radical (unpaired) electrons. The lowest BCUT2D eigenvalue weighted by atomic mass is 10.1. The summed E-state index contributed by atoms with van der Waals surface area (Å²) in [7, 11) is 0. The van der Waals surface area contributed by atoms with Crippen molar-refractivity contribution in [2.24, 2.45) is 0 Å². The van der Waals surface area contributed by atoms with Crippen LogP contribution in [0.25, 0.3) is 22.2 Å². The van der Waals surface area contributed by atoms with Gasteiger partial charge in [0.15, 0.2) is 0 Å². The summed E-state index contributed by atoms with van der Waals surface area (Å²) in [5.41, 5.74) is 1.96. The average molecular weight is 276 g/mol. The van der Waals surface area contributed by atoms with Gasteiger partial charge in [-0.1, -0.05) is 18.2 Å². The summed E-state index contributed by atoms with van der Waals surface area (Å²) in [4.78, 5) is 4.40. The van der Waals surface area contributed by atoms with E-state index in [1.807, 2.05) is 24.3 Å². The molecule has 0 unspecified atom stereocenters. The molecule has 1 heterocycles. The van der Waals surface area contributed by atoms with Gasteiger partial charge >= 0.3 is 0 Å². The number of pyridine rings is 1. The first-order chi connectivity index (χ1) is 8.74. The Kier molecular flexibility index (Phi) is 3.67. The Bertz CT molecular complexity index is 713. The number of aromatic nitrogens is 1. The minimum absolute atomic E-state index is 0. The van der Waals surface area contributed by atoms with Crippen molar-refractivity contribution in [2.75, 3.05) is 0 Å². The fraction of sp³-hybridized carbons (Fsp3) is 0. The Morgan fingerprint density at radius 3 is 2.37 bits per heavy atom. The van der Waals surface area contributed by atoms with Crippen LogP contribution in [-0.4, -0.2) is 10.1 Å². The number of hydrogen-bond donors (Lipinski definition) is 1. The van der Waals surface area contributed by atoms with E-state index >= 15 is 0 Å². The molecule has 96 valence electrons. The summed E-state index contributed by atoms with van der Waals surface area (Å²) in [6.45, 7) is 0. The molecule has 3 aromatic rings. The zero-order valence-corrected chi connectivity index (χ0v) is 10.7. The molecule has 0 aliphatic heterocycles. The minimum Gasteiger partial charge on any atom is -0.506 e. The van der Waals surface area contributed by atoms with Crippen molar-refractivity contribution in [3.8, 4) is 17.0 Å². The van der Waals surface area contributed by atoms with Crippen LogP contribution < -0.4 is 0 Å². The lowest BCUT2D eigenvalue weighted by Gasteiger charge is -2.06. The van der Waals surface area contributed by atoms with Crippen LogP contribution in [0.2, 0.25) is 0 Å². The van der Waals surface area contributed by atoms with E-state index in [9.17, 15) is 9.50 Å². The zero-order chi connectivity index (χ0) is 12.5. The fourth-order valence-corrected chi connectivity index (χ4v) is 1.92. The smallest absolute Gasteiger partial charge is 0.142 e. The Morgan fingerprint density at radius 1 is 0.947 bits per heavy atom. The molecule has 0 spiro atoms. The lowest BCUT2D eigenvalue weighted by Crippen LogP contribution is -1.87. The molecule has 4 heteroatoms. The predicted octanol–water partition coefficient (Wildman–Crippen LogP) is 4.17. The molecule has 0 atom stereocenters. The topological polar surface area (TPSA) is 33.1 Å². The van der Waals surface area contributed by atoms with E-state index in [0.717, 1.165) is 10.9 Å². The van der Waals surface area contributed by atoms with E-state index in [4.69, 9.17) is 0 Å². The zero-order valence-electron chi connectivity index (χ0n) is 9.88. The second kappa shape index (κ2) is 5.24. The molecule has 19 heavy (non-hydrogen) atoms. The standard InChI is InChI=1S/C15H10FNO.ClH/c16-12-7-5-10(6-8-12)15-14(18)9-11-3-1-2-4-13(11)17-15;/h1-9,18H;1H. The summed E-state index contributed by atoms with van der Waals surface area (Å²) < 4.78 is 12.9. The van der Waals surface area contributed by atoms with Crippen LogP contribution in [0.1, 0.15) is 0 Å². The van der Waals surface area contributed by atoms with Gasteiger partial charge in [-0.25, -0.2) is 9.37 Å². The molecule has 0 saturated carbocycles. The van der Waals surface area contributed by atoms with Crippen LogP contribution in [0.5, 0.6) is 5.75 Å². The molecule has 2 nitrogen and oxygen atoms in total. The van der Waals surface area contributed by atoms with Gasteiger partial charge in [0, 0.05) is 10.9 Å². The van der Waals surface area contributed by atoms with Gasteiger partial charge in [0.1, 0.15) is 17.3 Å². The number of nitrogens with zero attached hydrogens (tertiary/aromatic N) is 1. The van der Waals surface area contributed by atoms with Gasteiger partial charge in [0.2, 0.25) is 0 Å². The number of aromatic hydroxyl groups is 1. The molecule has 1 N–H and O–H groups in total. The van der Waals surface area contributed by atoms with Gasteiger partial charge in [-0.2, -0.15) is 0 Å². The number of hydrogen-bond acceptors (Lipinski definition) is 2. The second-order valence-electron chi connectivity index (χ2n) is 4.06. The average Bonchev–Trinajstić information content (AvgIpc) is 2.39. The highest BCUT2D eigenvalue weighted by Crippen LogP contribution is 2.30. The third-order valence-electron chi connectivity index (χ3n) is 2.82. The van der Waals surface area contributed by atoms with Crippen molar-refractivity contribution in [1.82, 2.24) is 4.98 Å². The molecule has 0 aliphatic carbocycles. The van der Waals surface area contributed by atoms with E-state index in [2.05, 4.69) is 4.98 Å². The maximum Gasteiger partial charge on any atom is 0.142 e. The summed E-state index contributed by atoms with van der Waals surface area (Å²) in [5, 5.41) is 10.9. The highest BCUT2D eigenvalue weighted by molar-refractivity contribution is 5.85. The van der Waals surface area contributed by atoms with Crippen molar-refractivity contribution in [3.63, 3.8) is 0 Å². The van der Waals surface area contributed by atoms with Gasteiger partial charge in [0.25, 0.3) is 0 Å². The maximum atomic E-state index is 12.9. The molecule has 0 saturated heterocycles. The Balaban J connectivity index is 0.00000133. The predicted molar refractivity (Wildman–Crippen MR) is 76.0 cm³/mol. The van der Waals surface area contributed by atoms with Crippen molar-refractivity contribution >= 4 is 23.3 Å². The highest BCUT2D eigenvalue weighted by Gasteiger charge is 2.08. The monoisotopic (exact) mass is 275 g/mol. The molecule has 0 bridgehead atoms. The molecule has 3 rings (SSSR count). The summed E-state index contributed by atoms with van der Waals surface area (Å²) in [5.74, 6) is -0.209. The Hall–Kier alpha value is -2.13. The SMILES string of the molecule is Cl.Oc1cc2ccccc2nc1-c1ccc(F)cc1. The van der Waals surface area contributed by atoms with Gasteiger partial charge < -0.3 is 5.11 Å². The summed E-state index contributed by atoms with van der Waals surface area (Å²) in [6.07, 6.45) is 0. The van der Waals surface area contributed by atoms with Crippen LogP contribution in [-0.2, 0) is 0 Å². The van der Waals surface area contributed by atoms with E-state index in [-0.39, 0.29) is 24.0 Å². The van der Waals surface area contributed by atoms with E-state index < -0.39 is 0 Å². The van der Waals surface area contributed by atoms with Crippen molar-refractivity contribution < 1.29 is 9.50 Å². The molecular weight excluding hydrogens is 265 g/mol. The van der Waals surface area contributed by atoms with Crippen LogP contribution in [0.15, 0.2) is 54.6 Å². The number of halogens is 2. The fourth-order valence-electron chi connectivity index (χ4n) is 1.92. The number of fused-ring (bicyclic) bond motifs is 1. The Labute approximate surface area is 116 Å². The Morgan fingerprint density at radius 2 is 1.63 bits per heavy atom. The largest absolute Gasteiger partial charge is 0.506 e. The van der Waals surface area contributed by atoms with Crippen molar-refractivity contribution in [1.29, 1.82) is 0 Å². The van der Waals surface area contributed by atoms with E-state index in [0.29, 0.717) is 11.3 Å². The summed E-state index contributed by atoms with van der Waals surface area (Å²) in [6, 6.07) is 15.1. The van der Waals surface area contributed by atoms with Crippen LogP contribution >= 0.6 is 12.4 Å². The van der Waals surface area contributed by atoms with Crippen LogP contribution in [0, 0.1) is 5.82 Å². The number of rotatable bonds is 1. The molecule has 0 fully saturated rings. The lowest BCUT2D eigenvalue weighted by molar-refractivity contribution is 0.476. The third-order valence-corrected chi connectivity index (χ3v) is 2.82. The molecule has 1 aromatic heterocycles. The maximum absolute atomic E-state index is 12.9. The minimum atomic E-state index is -0.306. The van der Waals surface area contributed by atoms with Gasteiger partial charge in [-0.3, -0.25) is 0 Å². The number of benzene rings is 2. The van der Waals surface area contributed by atoms with Crippen molar-refractivity contribution in [3.05, 3.63) is 60.4 Å². The summed E-state index contributed by atoms with van der Waals surface area (Å²) >= 11 is 0. The second-order valence-corrected chi connectivity index (χ2v) is 4.06. The third kappa shape index (κ3) is 2.51. The highest BCUT2D eigenvalue weighted by atomic mass is 35.5. The first-order valence-corrected chi connectivity index (χ1v) is 5.59. The molecule has 0 amide bonds.